The normalized spacial score (nSPS) is 15.6. The van der Waals surface area contributed by atoms with Crippen molar-refractivity contribution in [1.29, 1.82) is 0 Å². The Balaban J connectivity index is 2.09. The highest BCUT2D eigenvalue weighted by molar-refractivity contribution is 9.10. The molecule has 0 amide bonds. The van der Waals surface area contributed by atoms with Crippen molar-refractivity contribution in [2.75, 3.05) is 6.61 Å². The highest BCUT2D eigenvalue weighted by atomic mass is 79.9. The lowest BCUT2D eigenvalue weighted by molar-refractivity contribution is 0.0689. The minimum absolute atomic E-state index is 0.225. The van der Waals surface area contributed by atoms with Crippen molar-refractivity contribution >= 4 is 21.9 Å². The standard InChI is InChI=1S/C12H13BrO3/c13-9-4-5-10(12(14)15)11(6-9)16-7-8-2-1-3-8/h4-6,8H,1-3,7H2,(H,14,15). The predicted molar refractivity (Wildman–Crippen MR) is 63.9 cm³/mol. The van der Waals surface area contributed by atoms with Crippen LogP contribution in [-0.4, -0.2) is 17.7 Å². The summed E-state index contributed by atoms with van der Waals surface area (Å²) >= 11 is 3.31. The molecule has 0 bridgehead atoms. The van der Waals surface area contributed by atoms with Gasteiger partial charge in [0.1, 0.15) is 11.3 Å². The molecule has 2 rings (SSSR count). The largest absolute Gasteiger partial charge is 0.492 e. The quantitative estimate of drug-likeness (QED) is 0.923. The van der Waals surface area contributed by atoms with Gasteiger partial charge in [-0.05, 0) is 37.0 Å². The van der Waals surface area contributed by atoms with Gasteiger partial charge < -0.3 is 9.84 Å². The third-order valence-electron chi connectivity index (χ3n) is 2.87. The molecule has 1 N–H and O–H groups in total. The smallest absolute Gasteiger partial charge is 0.339 e. The van der Waals surface area contributed by atoms with E-state index in [2.05, 4.69) is 15.9 Å². The molecule has 1 aromatic carbocycles. The molecule has 0 radical (unpaired) electrons. The maximum Gasteiger partial charge on any atom is 0.339 e. The SMILES string of the molecule is O=C(O)c1ccc(Br)cc1OCC1CCC1. The zero-order chi connectivity index (χ0) is 11.5. The Morgan fingerprint density at radius 2 is 2.25 bits per heavy atom. The Kier molecular flexibility index (Phi) is 3.49. The van der Waals surface area contributed by atoms with Crippen molar-refractivity contribution < 1.29 is 14.6 Å². The molecule has 86 valence electrons. The van der Waals surface area contributed by atoms with Gasteiger partial charge in [0.15, 0.2) is 0 Å². The summed E-state index contributed by atoms with van der Waals surface area (Å²) < 4.78 is 6.41. The number of rotatable bonds is 4. The van der Waals surface area contributed by atoms with Crippen LogP contribution < -0.4 is 4.74 Å². The van der Waals surface area contributed by atoms with Gasteiger partial charge in [-0.3, -0.25) is 0 Å². The summed E-state index contributed by atoms with van der Waals surface area (Å²) in [6.07, 6.45) is 3.64. The molecule has 1 aliphatic carbocycles. The van der Waals surface area contributed by atoms with E-state index in [0.29, 0.717) is 18.3 Å². The van der Waals surface area contributed by atoms with E-state index in [1.165, 1.54) is 19.3 Å². The number of ether oxygens (including phenoxy) is 1. The van der Waals surface area contributed by atoms with Crippen LogP contribution in [0.4, 0.5) is 0 Å². The molecule has 0 unspecified atom stereocenters. The van der Waals surface area contributed by atoms with Gasteiger partial charge >= 0.3 is 5.97 Å². The summed E-state index contributed by atoms with van der Waals surface area (Å²) in [4.78, 5) is 11.0. The van der Waals surface area contributed by atoms with E-state index in [4.69, 9.17) is 9.84 Å². The molecule has 1 aromatic rings. The van der Waals surface area contributed by atoms with Gasteiger partial charge in [-0.1, -0.05) is 22.4 Å². The summed E-state index contributed by atoms with van der Waals surface area (Å²) in [5.74, 6) is 0.102. The highest BCUT2D eigenvalue weighted by Crippen LogP contribution is 2.29. The molecule has 0 heterocycles. The van der Waals surface area contributed by atoms with E-state index in [0.717, 1.165) is 4.47 Å². The van der Waals surface area contributed by atoms with Crippen LogP contribution in [0, 0.1) is 5.92 Å². The molecular weight excluding hydrogens is 272 g/mol. The fourth-order valence-corrected chi connectivity index (χ4v) is 2.00. The van der Waals surface area contributed by atoms with Crippen LogP contribution in [-0.2, 0) is 0 Å². The lowest BCUT2D eigenvalue weighted by atomic mass is 9.86. The zero-order valence-electron chi connectivity index (χ0n) is 8.78. The van der Waals surface area contributed by atoms with E-state index in [9.17, 15) is 4.79 Å². The highest BCUT2D eigenvalue weighted by Gasteiger charge is 2.19. The molecule has 1 saturated carbocycles. The molecule has 1 fully saturated rings. The first-order valence-electron chi connectivity index (χ1n) is 5.32. The first-order valence-corrected chi connectivity index (χ1v) is 6.12. The molecule has 0 spiro atoms. The number of hydrogen-bond donors (Lipinski definition) is 1. The molecule has 0 aliphatic heterocycles. The van der Waals surface area contributed by atoms with Crippen molar-refractivity contribution in [3.8, 4) is 5.75 Å². The number of benzene rings is 1. The van der Waals surface area contributed by atoms with Crippen molar-refractivity contribution in [1.82, 2.24) is 0 Å². The van der Waals surface area contributed by atoms with Crippen LogP contribution in [0.5, 0.6) is 5.75 Å². The third kappa shape index (κ3) is 2.55. The summed E-state index contributed by atoms with van der Waals surface area (Å²) in [7, 11) is 0. The Labute approximate surface area is 103 Å². The molecule has 1 aliphatic rings. The summed E-state index contributed by atoms with van der Waals surface area (Å²) in [6, 6.07) is 4.98. The van der Waals surface area contributed by atoms with Gasteiger partial charge in [0, 0.05) is 4.47 Å². The second-order valence-corrected chi connectivity index (χ2v) is 4.97. The van der Waals surface area contributed by atoms with E-state index in [1.807, 2.05) is 0 Å². The van der Waals surface area contributed by atoms with E-state index >= 15 is 0 Å². The Bertz CT molecular complexity index is 399. The zero-order valence-corrected chi connectivity index (χ0v) is 10.4. The summed E-state index contributed by atoms with van der Waals surface area (Å²) in [5.41, 5.74) is 0.225. The number of carboxylic acids is 1. The Morgan fingerprint density at radius 1 is 1.50 bits per heavy atom. The van der Waals surface area contributed by atoms with Gasteiger partial charge in [0.05, 0.1) is 6.61 Å². The minimum Gasteiger partial charge on any atom is -0.492 e. The lowest BCUT2D eigenvalue weighted by Gasteiger charge is -2.25. The Morgan fingerprint density at radius 3 is 2.81 bits per heavy atom. The number of halogens is 1. The first kappa shape index (κ1) is 11.5. The van der Waals surface area contributed by atoms with Crippen LogP contribution >= 0.6 is 15.9 Å². The average Bonchev–Trinajstić information content (AvgIpc) is 2.14. The number of carboxylic acid groups (broad SMARTS) is 1. The van der Waals surface area contributed by atoms with E-state index < -0.39 is 5.97 Å². The monoisotopic (exact) mass is 284 g/mol. The van der Waals surface area contributed by atoms with Crippen molar-refractivity contribution in [3.05, 3.63) is 28.2 Å². The third-order valence-corrected chi connectivity index (χ3v) is 3.37. The van der Waals surface area contributed by atoms with Gasteiger partial charge in [0.2, 0.25) is 0 Å². The lowest BCUT2D eigenvalue weighted by Crippen LogP contribution is -2.20. The van der Waals surface area contributed by atoms with Gasteiger partial charge in [-0.25, -0.2) is 4.79 Å². The maximum atomic E-state index is 11.0. The molecular formula is C12H13BrO3. The summed E-state index contributed by atoms with van der Waals surface area (Å²) in [6.45, 7) is 0.622. The second-order valence-electron chi connectivity index (χ2n) is 4.05. The van der Waals surface area contributed by atoms with E-state index in [1.54, 1.807) is 18.2 Å². The minimum atomic E-state index is -0.948. The first-order chi connectivity index (χ1) is 7.66. The molecule has 0 atom stereocenters. The number of aromatic carboxylic acids is 1. The predicted octanol–water partition coefficient (Wildman–Crippen LogP) is 3.33. The van der Waals surface area contributed by atoms with Crippen LogP contribution in [0.2, 0.25) is 0 Å². The molecule has 3 nitrogen and oxygen atoms in total. The van der Waals surface area contributed by atoms with Crippen molar-refractivity contribution in [2.24, 2.45) is 5.92 Å². The van der Waals surface area contributed by atoms with Crippen molar-refractivity contribution in [3.63, 3.8) is 0 Å². The Hall–Kier alpha value is -1.03. The van der Waals surface area contributed by atoms with Gasteiger partial charge in [-0.2, -0.15) is 0 Å². The van der Waals surface area contributed by atoms with E-state index in [-0.39, 0.29) is 5.56 Å². The fraction of sp³-hybridized carbons (Fsp3) is 0.417. The van der Waals surface area contributed by atoms with Crippen LogP contribution in [0.3, 0.4) is 0 Å². The second kappa shape index (κ2) is 4.87. The number of carbonyl (C=O) groups is 1. The summed E-state index contributed by atoms with van der Waals surface area (Å²) in [5, 5.41) is 9.00. The molecule has 0 aromatic heterocycles. The molecule has 16 heavy (non-hydrogen) atoms. The van der Waals surface area contributed by atoms with Crippen molar-refractivity contribution in [2.45, 2.75) is 19.3 Å². The van der Waals surface area contributed by atoms with Crippen LogP contribution in [0.25, 0.3) is 0 Å². The van der Waals surface area contributed by atoms with Crippen LogP contribution in [0.15, 0.2) is 22.7 Å². The number of hydrogen-bond acceptors (Lipinski definition) is 2. The van der Waals surface area contributed by atoms with Gasteiger partial charge in [0.25, 0.3) is 0 Å². The molecule has 0 saturated heterocycles. The maximum absolute atomic E-state index is 11.0. The fourth-order valence-electron chi connectivity index (χ4n) is 1.66. The van der Waals surface area contributed by atoms with Gasteiger partial charge in [-0.15, -0.1) is 0 Å². The van der Waals surface area contributed by atoms with Crippen LogP contribution in [0.1, 0.15) is 29.6 Å². The topological polar surface area (TPSA) is 46.5 Å². The molecule has 4 heteroatoms. The average molecular weight is 285 g/mol.